The fourth-order valence-corrected chi connectivity index (χ4v) is 2.44. The van der Waals surface area contributed by atoms with Crippen molar-refractivity contribution in [1.29, 1.82) is 0 Å². The highest BCUT2D eigenvalue weighted by Gasteiger charge is 2.36. The van der Waals surface area contributed by atoms with Crippen LogP contribution in [0.25, 0.3) is 5.57 Å². The molecule has 2 heteroatoms. The van der Waals surface area contributed by atoms with Gasteiger partial charge in [0.1, 0.15) is 0 Å². The molecule has 2 nitrogen and oxygen atoms in total. The molecule has 0 amide bonds. The number of nitrogens with zero attached hydrogens (tertiary/aromatic N) is 1. The molecule has 1 aliphatic carbocycles. The van der Waals surface area contributed by atoms with E-state index in [0.717, 1.165) is 24.6 Å². The number of terminal acetylenes is 1. The molecule has 0 saturated carbocycles. The molecule has 1 aromatic heterocycles. The molecule has 1 aromatic rings. The molecule has 3 rings (SSSR count). The predicted molar refractivity (Wildman–Crippen MR) is 60.0 cm³/mol. The molecule has 1 saturated heterocycles. The highest BCUT2D eigenvalue weighted by Crippen LogP contribution is 2.42. The van der Waals surface area contributed by atoms with E-state index in [0.29, 0.717) is 5.92 Å². The first-order valence-electron chi connectivity index (χ1n) is 5.23. The lowest BCUT2D eigenvalue weighted by Crippen LogP contribution is -2.22. The quantitative estimate of drug-likeness (QED) is 0.685. The van der Waals surface area contributed by atoms with Crippen LogP contribution in [-0.4, -0.2) is 18.1 Å². The van der Waals surface area contributed by atoms with Crippen molar-refractivity contribution in [3.05, 3.63) is 35.7 Å². The molecule has 0 radical (unpaired) electrons. The van der Waals surface area contributed by atoms with Crippen LogP contribution in [0, 0.1) is 24.2 Å². The zero-order valence-corrected chi connectivity index (χ0v) is 8.40. The third-order valence-corrected chi connectivity index (χ3v) is 3.29. The summed E-state index contributed by atoms with van der Waals surface area (Å²) in [5.41, 5.74) is 3.47. The van der Waals surface area contributed by atoms with E-state index in [4.69, 9.17) is 6.42 Å². The third-order valence-electron chi connectivity index (χ3n) is 3.29. The van der Waals surface area contributed by atoms with Gasteiger partial charge in [-0.05, 0) is 23.1 Å². The minimum atomic E-state index is 0.680. The molecule has 1 fully saturated rings. The monoisotopic (exact) mass is 196 g/mol. The van der Waals surface area contributed by atoms with Crippen LogP contribution in [0.5, 0.6) is 0 Å². The molecule has 0 aromatic carbocycles. The molecule has 15 heavy (non-hydrogen) atoms. The molecule has 1 aliphatic heterocycles. The second-order valence-corrected chi connectivity index (χ2v) is 4.16. The Morgan fingerprint density at radius 3 is 3.13 bits per heavy atom. The highest BCUT2D eigenvalue weighted by molar-refractivity contribution is 5.74. The van der Waals surface area contributed by atoms with Crippen LogP contribution in [0.2, 0.25) is 0 Å². The SMILES string of the molecule is C#Cc1cncc(C2=C[C@H]3CNC[C@@H]23)c1. The van der Waals surface area contributed by atoms with E-state index in [-0.39, 0.29) is 0 Å². The van der Waals surface area contributed by atoms with Gasteiger partial charge >= 0.3 is 0 Å². The molecule has 0 spiro atoms. The Balaban J connectivity index is 1.95. The average molecular weight is 196 g/mol. The number of pyridine rings is 1. The average Bonchev–Trinajstić information content (AvgIpc) is 2.61. The van der Waals surface area contributed by atoms with Gasteiger partial charge in [0, 0.05) is 37.0 Å². The molecular weight excluding hydrogens is 184 g/mol. The lowest BCUT2D eigenvalue weighted by atomic mass is 9.74. The van der Waals surface area contributed by atoms with Crippen LogP contribution in [0.15, 0.2) is 24.5 Å². The maximum Gasteiger partial charge on any atom is 0.0432 e. The number of fused-ring (bicyclic) bond motifs is 1. The number of aromatic nitrogens is 1. The van der Waals surface area contributed by atoms with Crippen LogP contribution in [0.3, 0.4) is 0 Å². The van der Waals surface area contributed by atoms with Gasteiger partial charge in [0.25, 0.3) is 0 Å². The van der Waals surface area contributed by atoms with Crippen LogP contribution in [0.1, 0.15) is 11.1 Å². The number of rotatable bonds is 1. The Labute approximate surface area is 89.4 Å². The molecule has 0 unspecified atom stereocenters. The summed E-state index contributed by atoms with van der Waals surface area (Å²) in [6.45, 7) is 2.22. The number of hydrogen-bond acceptors (Lipinski definition) is 2. The topological polar surface area (TPSA) is 24.9 Å². The van der Waals surface area contributed by atoms with Crippen LogP contribution < -0.4 is 5.32 Å². The van der Waals surface area contributed by atoms with E-state index < -0.39 is 0 Å². The zero-order valence-electron chi connectivity index (χ0n) is 8.40. The van der Waals surface area contributed by atoms with Crippen molar-refractivity contribution in [2.24, 2.45) is 11.8 Å². The predicted octanol–water partition coefficient (Wildman–Crippen LogP) is 1.30. The summed E-state index contributed by atoms with van der Waals surface area (Å²) >= 11 is 0. The summed E-state index contributed by atoms with van der Waals surface area (Å²) in [6, 6.07) is 2.05. The largest absolute Gasteiger partial charge is 0.315 e. The highest BCUT2D eigenvalue weighted by atomic mass is 14.9. The van der Waals surface area contributed by atoms with Gasteiger partial charge in [-0.1, -0.05) is 12.0 Å². The zero-order chi connectivity index (χ0) is 10.3. The van der Waals surface area contributed by atoms with Gasteiger partial charge in [-0.2, -0.15) is 0 Å². The summed E-state index contributed by atoms with van der Waals surface area (Å²) in [6.07, 6.45) is 11.3. The van der Waals surface area contributed by atoms with E-state index in [2.05, 4.69) is 22.3 Å². The minimum absolute atomic E-state index is 0.680. The first-order chi connectivity index (χ1) is 7.38. The lowest BCUT2D eigenvalue weighted by Gasteiger charge is -2.29. The Morgan fingerprint density at radius 2 is 2.33 bits per heavy atom. The summed E-state index contributed by atoms with van der Waals surface area (Å²) < 4.78 is 0. The van der Waals surface area contributed by atoms with Crippen LogP contribution in [0.4, 0.5) is 0 Å². The Kier molecular flexibility index (Phi) is 1.87. The van der Waals surface area contributed by atoms with E-state index in [1.165, 1.54) is 11.1 Å². The molecular formula is C13H12N2. The van der Waals surface area contributed by atoms with Crippen LogP contribution >= 0.6 is 0 Å². The summed E-state index contributed by atoms with van der Waals surface area (Å²) in [7, 11) is 0. The Bertz CT molecular complexity index is 468. The summed E-state index contributed by atoms with van der Waals surface area (Å²) in [5, 5.41) is 3.40. The van der Waals surface area contributed by atoms with Crippen molar-refractivity contribution in [1.82, 2.24) is 10.3 Å². The van der Waals surface area contributed by atoms with Gasteiger partial charge in [-0.3, -0.25) is 4.98 Å². The third kappa shape index (κ3) is 1.28. The molecule has 74 valence electrons. The van der Waals surface area contributed by atoms with Crippen molar-refractivity contribution in [3.8, 4) is 12.3 Å². The Hall–Kier alpha value is -1.59. The van der Waals surface area contributed by atoms with E-state index in [1.54, 1.807) is 6.20 Å². The van der Waals surface area contributed by atoms with Gasteiger partial charge in [0.05, 0.1) is 0 Å². The van der Waals surface area contributed by atoms with Crippen LogP contribution in [-0.2, 0) is 0 Å². The number of hydrogen-bond donors (Lipinski definition) is 1. The molecule has 2 atom stereocenters. The summed E-state index contributed by atoms with van der Waals surface area (Å²) in [4.78, 5) is 4.17. The molecule has 0 bridgehead atoms. The molecule has 1 N–H and O–H groups in total. The standard InChI is InChI=1S/C13H12N2/c1-2-9-3-10(6-14-5-9)12-4-11-7-15-8-13(11)12/h1,3-6,11,13,15H,7-8H2/t11-,13+/m0/s1. The smallest absolute Gasteiger partial charge is 0.0432 e. The Morgan fingerprint density at radius 1 is 1.40 bits per heavy atom. The van der Waals surface area contributed by atoms with Gasteiger partial charge in [-0.25, -0.2) is 0 Å². The summed E-state index contributed by atoms with van der Waals surface area (Å²) in [5.74, 6) is 4.04. The first kappa shape index (κ1) is 8.70. The number of nitrogens with one attached hydrogen (secondary N) is 1. The second kappa shape index (κ2) is 3.22. The fourth-order valence-electron chi connectivity index (χ4n) is 2.44. The van der Waals surface area contributed by atoms with E-state index in [9.17, 15) is 0 Å². The van der Waals surface area contributed by atoms with E-state index >= 15 is 0 Å². The van der Waals surface area contributed by atoms with Gasteiger partial charge in [0.2, 0.25) is 0 Å². The van der Waals surface area contributed by atoms with Crippen molar-refractivity contribution < 1.29 is 0 Å². The maximum atomic E-state index is 5.36. The van der Waals surface area contributed by atoms with Gasteiger partial charge in [0.15, 0.2) is 0 Å². The van der Waals surface area contributed by atoms with Gasteiger partial charge in [-0.15, -0.1) is 6.42 Å². The molecule has 2 heterocycles. The molecule has 2 aliphatic rings. The second-order valence-electron chi connectivity index (χ2n) is 4.16. The van der Waals surface area contributed by atoms with E-state index in [1.807, 2.05) is 12.3 Å². The van der Waals surface area contributed by atoms with Crippen molar-refractivity contribution in [3.63, 3.8) is 0 Å². The van der Waals surface area contributed by atoms with Crippen molar-refractivity contribution in [2.45, 2.75) is 0 Å². The maximum absolute atomic E-state index is 5.36. The fraction of sp³-hybridized carbons (Fsp3) is 0.308. The lowest BCUT2D eigenvalue weighted by molar-refractivity contribution is 0.564. The first-order valence-corrected chi connectivity index (χ1v) is 5.23. The van der Waals surface area contributed by atoms with Gasteiger partial charge < -0.3 is 5.32 Å². The van der Waals surface area contributed by atoms with Crippen molar-refractivity contribution >= 4 is 5.57 Å². The minimum Gasteiger partial charge on any atom is -0.315 e. The normalized spacial score (nSPS) is 27.5. The van der Waals surface area contributed by atoms with Crippen molar-refractivity contribution in [2.75, 3.05) is 13.1 Å².